The Kier molecular flexibility index (Phi) is 6.39. The zero-order valence-electron chi connectivity index (χ0n) is 19.4. The number of nitrogens with zero attached hydrogens (tertiary/aromatic N) is 4. The van der Waals surface area contributed by atoms with Gasteiger partial charge in [0, 0.05) is 23.6 Å². The number of ether oxygens (including phenoxy) is 2. The minimum Gasteiger partial charge on any atom is -0.497 e. The number of halogens is 3. The van der Waals surface area contributed by atoms with Crippen molar-refractivity contribution in [3.63, 3.8) is 0 Å². The van der Waals surface area contributed by atoms with Crippen LogP contribution in [-0.2, 0) is 10.9 Å². The van der Waals surface area contributed by atoms with E-state index in [2.05, 4.69) is 15.0 Å². The van der Waals surface area contributed by atoms with Crippen molar-refractivity contribution in [3.05, 3.63) is 47.8 Å². The number of esters is 1. The Hall–Kier alpha value is -3.14. The van der Waals surface area contributed by atoms with E-state index < -0.39 is 17.8 Å². The predicted molar refractivity (Wildman–Crippen MR) is 122 cm³/mol. The SMILES string of the molecule is COc1ccc(-c2cc(C(F)(F)F)n3nc(C(=O)OC[C@H]4CCCN5CCCC[C@@H]45)cc3n2)cc1. The van der Waals surface area contributed by atoms with Gasteiger partial charge in [0.1, 0.15) is 5.75 Å². The van der Waals surface area contributed by atoms with Gasteiger partial charge in [-0.1, -0.05) is 6.42 Å². The van der Waals surface area contributed by atoms with Crippen molar-refractivity contribution in [2.45, 2.75) is 44.3 Å². The molecule has 7 nitrogen and oxygen atoms in total. The zero-order valence-corrected chi connectivity index (χ0v) is 19.4. The molecular weight excluding hydrogens is 461 g/mol. The maximum Gasteiger partial charge on any atom is 0.433 e. The summed E-state index contributed by atoms with van der Waals surface area (Å²) in [7, 11) is 1.51. The number of rotatable bonds is 5. The molecule has 0 spiro atoms. The number of fused-ring (bicyclic) bond motifs is 2. The quantitative estimate of drug-likeness (QED) is 0.479. The lowest BCUT2D eigenvalue weighted by Gasteiger charge is -2.44. The number of hydrogen-bond donors (Lipinski definition) is 0. The summed E-state index contributed by atoms with van der Waals surface area (Å²) < 4.78 is 52.9. The lowest BCUT2D eigenvalue weighted by atomic mass is 9.84. The van der Waals surface area contributed by atoms with Crippen molar-refractivity contribution in [1.82, 2.24) is 19.5 Å². The van der Waals surface area contributed by atoms with Crippen LogP contribution in [0, 0.1) is 5.92 Å². The van der Waals surface area contributed by atoms with Crippen LogP contribution in [0.5, 0.6) is 5.75 Å². The fraction of sp³-hybridized carbons (Fsp3) is 0.480. The van der Waals surface area contributed by atoms with E-state index in [9.17, 15) is 18.0 Å². The first kappa shape index (κ1) is 23.6. The summed E-state index contributed by atoms with van der Waals surface area (Å²) in [5.41, 5.74) is -0.678. The standard InChI is InChI=1S/C25H27F3N4O3/c1-34-18-9-7-16(8-10-18)19-13-22(25(26,27)28)32-23(29-19)14-20(30-32)24(33)35-15-17-5-4-12-31-11-3-2-6-21(17)31/h7-10,13-14,17,21H,2-6,11-12,15H2,1H3/t17-,21+/m1/s1. The van der Waals surface area contributed by atoms with Crippen LogP contribution in [-0.4, -0.2) is 58.3 Å². The second-order valence-corrected chi connectivity index (χ2v) is 9.15. The molecule has 2 aromatic heterocycles. The molecule has 3 aromatic rings. The van der Waals surface area contributed by atoms with Crippen LogP contribution < -0.4 is 4.74 Å². The predicted octanol–water partition coefficient (Wildman–Crippen LogP) is 4.85. The second kappa shape index (κ2) is 9.49. The third-order valence-electron chi connectivity index (χ3n) is 6.97. The Bertz CT molecular complexity index is 1210. The highest BCUT2D eigenvalue weighted by molar-refractivity contribution is 5.88. The molecule has 2 atom stereocenters. The number of methoxy groups -OCH3 is 1. The van der Waals surface area contributed by atoms with Gasteiger partial charge in [0.05, 0.1) is 19.4 Å². The fourth-order valence-electron chi connectivity index (χ4n) is 5.21. The van der Waals surface area contributed by atoms with Gasteiger partial charge in [-0.15, -0.1) is 0 Å². The first-order chi connectivity index (χ1) is 16.8. The molecule has 5 rings (SSSR count). The molecule has 0 aliphatic carbocycles. The monoisotopic (exact) mass is 488 g/mol. The van der Waals surface area contributed by atoms with E-state index >= 15 is 0 Å². The van der Waals surface area contributed by atoms with Crippen LogP contribution in [0.4, 0.5) is 13.2 Å². The van der Waals surface area contributed by atoms with E-state index in [0.717, 1.165) is 38.4 Å². The van der Waals surface area contributed by atoms with Gasteiger partial charge in [0.2, 0.25) is 0 Å². The third-order valence-corrected chi connectivity index (χ3v) is 6.97. The first-order valence-electron chi connectivity index (χ1n) is 11.9. The molecule has 4 heterocycles. The number of alkyl halides is 3. The Labute approximate surface area is 200 Å². The molecule has 0 bridgehead atoms. The number of carbonyl (C=O) groups is 1. The van der Waals surface area contributed by atoms with Crippen molar-refractivity contribution < 1.29 is 27.4 Å². The molecule has 2 aliphatic rings. The minimum absolute atomic E-state index is 0.0753. The summed E-state index contributed by atoms with van der Waals surface area (Å²) in [5.74, 6) is 0.0766. The molecule has 2 aliphatic heterocycles. The molecule has 10 heteroatoms. The van der Waals surface area contributed by atoms with E-state index in [-0.39, 0.29) is 29.6 Å². The van der Waals surface area contributed by atoms with Crippen molar-refractivity contribution >= 4 is 11.6 Å². The van der Waals surface area contributed by atoms with Crippen LogP contribution in [0.25, 0.3) is 16.9 Å². The highest BCUT2D eigenvalue weighted by atomic mass is 19.4. The molecule has 0 amide bonds. The van der Waals surface area contributed by atoms with E-state index in [4.69, 9.17) is 9.47 Å². The maximum atomic E-state index is 13.9. The number of carbonyl (C=O) groups excluding carboxylic acids is 1. The average molecular weight is 489 g/mol. The van der Waals surface area contributed by atoms with Gasteiger partial charge >= 0.3 is 12.1 Å². The van der Waals surface area contributed by atoms with Gasteiger partial charge in [-0.2, -0.15) is 18.3 Å². The molecule has 0 radical (unpaired) electrons. The molecule has 0 unspecified atom stereocenters. The van der Waals surface area contributed by atoms with Crippen LogP contribution in [0.2, 0.25) is 0 Å². The summed E-state index contributed by atoms with van der Waals surface area (Å²) in [6, 6.07) is 9.12. The molecule has 0 saturated carbocycles. The Morgan fingerprint density at radius 2 is 1.86 bits per heavy atom. The van der Waals surface area contributed by atoms with E-state index in [1.54, 1.807) is 24.3 Å². The lowest BCUT2D eigenvalue weighted by Crippen LogP contribution is -2.49. The minimum atomic E-state index is -4.69. The van der Waals surface area contributed by atoms with Crippen LogP contribution in [0.3, 0.4) is 0 Å². The van der Waals surface area contributed by atoms with Crippen LogP contribution in [0.15, 0.2) is 36.4 Å². The topological polar surface area (TPSA) is 69.0 Å². The molecular formula is C25H27F3N4O3. The molecule has 1 aromatic carbocycles. The Balaban J connectivity index is 1.40. The van der Waals surface area contributed by atoms with Gasteiger partial charge in [0.25, 0.3) is 0 Å². The summed E-state index contributed by atoms with van der Waals surface area (Å²) in [5, 5.41) is 3.92. The van der Waals surface area contributed by atoms with Crippen LogP contribution in [0.1, 0.15) is 48.3 Å². The Morgan fingerprint density at radius 3 is 2.60 bits per heavy atom. The van der Waals surface area contributed by atoms with Crippen molar-refractivity contribution in [2.24, 2.45) is 5.92 Å². The highest BCUT2D eigenvalue weighted by Gasteiger charge is 2.36. The van der Waals surface area contributed by atoms with E-state index in [0.29, 0.717) is 21.9 Å². The first-order valence-corrected chi connectivity index (χ1v) is 11.9. The number of aromatic nitrogens is 3. The van der Waals surface area contributed by atoms with Crippen molar-refractivity contribution in [1.29, 1.82) is 0 Å². The van der Waals surface area contributed by atoms with Crippen molar-refractivity contribution in [2.75, 3.05) is 26.8 Å². The van der Waals surface area contributed by atoms with Gasteiger partial charge in [-0.05, 0) is 69.1 Å². The van der Waals surface area contributed by atoms with Gasteiger partial charge in [0.15, 0.2) is 17.0 Å². The molecule has 35 heavy (non-hydrogen) atoms. The summed E-state index contributed by atoms with van der Waals surface area (Å²) in [4.78, 5) is 19.6. The molecule has 2 fully saturated rings. The molecule has 2 saturated heterocycles. The Morgan fingerprint density at radius 1 is 1.09 bits per heavy atom. The summed E-state index contributed by atoms with van der Waals surface area (Å²) in [6.07, 6.45) is 0.786. The zero-order chi connectivity index (χ0) is 24.6. The van der Waals surface area contributed by atoms with Crippen LogP contribution >= 0.6 is 0 Å². The molecule has 0 N–H and O–H groups in total. The smallest absolute Gasteiger partial charge is 0.433 e. The van der Waals surface area contributed by atoms with E-state index in [1.807, 2.05) is 0 Å². The van der Waals surface area contributed by atoms with E-state index in [1.165, 1.54) is 26.0 Å². The third kappa shape index (κ3) is 4.84. The second-order valence-electron chi connectivity index (χ2n) is 9.15. The van der Waals surface area contributed by atoms with Gasteiger partial charge in [-0.3, -0.25) is 4.90 Å². The highest BCUT2D eigenvalue weighted by Crippen LogP contribution is 2.33. The summed E-state index contributed by atoms with van der Waals surface area (Å²) >= 11 is 0. The normalized spacial score (nSPS) is 21.0. The molecule has 186 valence electrons. The maximum absolute atomic E-state index is 13.9. The van der Waals surface area contributed by atoms with Gasteiger partial charge < -0.3 is 9.47 Å². The summed E-state index contributed by atoms with van der Waals surface area (Å²) in [6.45, 7) is 2.39. The van der Waals surface area contributed by atoms with Gasteiger partial charge in [-0.25, -0.2) is 14.3 Å². The number of hydrogen-bond acceptors (Lipinski definition) is 6. The average Bonchev–Trinajstić information content (AvgIpc) is 3.30. The largest absolute Gasteiger partial charge is 0.497 e. The lowest BCUT2D eigenvalue weighted by molar-refractivity contribution is -0.142. The number of piperidine rings is 2. The van der Waals surface area contributed by atoms with Crippen molar-refractivity contribution in [3.8, 4) is 17.0 Å². The number of benzene rings is 1. The fourth-order valence-corrected chi connectivity index (χ4v) is 5.21.